The van der Waals surface area contributed by atoms with Crippen molar-refractivity contribution in [2.24, 2.45) is 0 Å². The Morgan fingerprint density at radius 1 is 1.11 bits per heavy atom. The van der Waals surface area contributed by atoms with Crippen molar-refractivity contribution >= 4 is 11.5 Å². The minimum atomic E-state index is -0.0297. The van der Waals surface area contributed by atoms with E-state index in [-0.39, 0.29) is 5.41 Å². The number of aryl methyl sites for hydroxylation is 1. The molecule has 0 unspecified atom stereocenters. The number of quaternary nitrogens is 1. The zero-order valence-corrected chi connectivity index (χ0v) is 17.4. The van der Waals surface area contributed by atoms with Crippen LogP contribution in [0.5, 0.6) is 0 Å². The summed E-state index contributed by atoms with van der Waals surface area (Å²) >= 11 is 0. The Kier molecular flexibility index (Phi) is 5.51. The smallest absolute Gasteiger partial charge is 0.165 e. The fourth-order valence-electron chi connectivity index (χ4n) is 3.23. The Morgan fingerprint density at radius 3 is 2.44 bits per heavy atom. The molecule has 27 heavy (non-hydrogen) atoms. The van der Waals surface area contributed by atoms with Crippen LogP contribution in [0.1, 0.15) is 38.6 Å². The summed E-state index contributed by atoms with van der Waals surface area (Å²) in [4.78, 5) is 6.48. The lowest BCUT2D eigenvalue weighted by atomic mass is 9.92. The molecule has 144 valence electrons. The molecule has 3 aromatic rings. The predicted octanol–water partition coefficient (Wildman–Crippen LogP) is 2.95. The standard InChI is InChI=1S/C22H31N5/c1-16-20(17-11-8-7-9-12-17)21-24-18(22(2,3)4)15-19(27(21)25-16)23-13-10-14-26(5)6/h7-9,11-12,15,23H,10,13-14H2,1-6H3/p+1. The van der Waals surface area contributed by atoms with E-state index >= 15 is 0 Å². The van der Waals surface area contributed by atoms with Crippen LogP contribution >= 0.6 is 0 Å². The van der Waals surface area contributed by atoms with Gasteiger partial charge in [-0.2, -0.15) is 9.61 Å². The van der Waals surface area contributed by atoms with E-state index in [1.807, 2.05) is 10.6 Å². The Hall–Kier alpha value is -2.40. The molecule has 2 heterocycles. The van der Waals surface area contributed by atoms with E-state index in [1.54, 1.807) is 0 Å². The minimum absolute atomic E-state index is 0.0297. The van der Waals surface area contributed by atoms with Gasteiger partial charge in [-0.25, -0.2) is 4.98 Å². The summed E-state index contributed by atoms with van der Waals surface area (Å²) in [7, 11) is 4.37. The summed E-state index contributed by atoms with van der Waals surface area (Å²) in [5, 5.41) is 8.41. The minimum Gasteiger partial charge on any atom is -0.370 e. The SMILES string of the molecule is Cc1nn2c(NCCC[NH+](C)C)cc(C(C)(C)C)nc2c1-c1ccccc1. The molecular weight excluding hydrogens is 334 g/mol. The van der Waals surface area contributed by atoms with Gasteiger partial charge in [0.2, 0.25) is 0 Å². The lowest BCUT2D eigenvalue weighted by Crippen LogP contribution is -3.05. The Bertz CT molecular complexity index is 904. The molecule has 3 rings (SSSR count). The van der Waals surface area contributed by atoms with Crippen LogP contribution in [-0.4, -0.2) is 41.8 Å². The van der Waals surface area contributed by atoms with E-state index in [0.29, 0.717) is 0 Å². The second-order valence-corrected chi connectivity index (χ2v) is 8.58. The van der Waals surface area contributed by atoms with Gasteiger partial charge in [-0.3, -0.25) is 0 Å². The molecule has 1 aromatic carbocycles. The maximum absolute atomic E-state index is 5.02. The normalized spacial score (nSPS) is 12.1. The molecule has 0 saturated carbocycles. The van der Waals surface area contributed by atoms with Crippen molar-refractivity contribution in [2.45, 2.75) is 39.5 Å². The van der Waals surface area contributed by atoms with E-state index in [4.69, 9.17) is 10.1 Å². The largest absolute Gasteiger partial charge is 0.370 e. The molecule has 0 aliphatic rings. The third-order valence-corrected chi connectivity index (χ3v) is 4.75. The van der Waals surface area contributed by atoms with Crippen molar-refractivity contribution in [3.05, 3.63) is 47.8 Å². The van der Waals surface area contributed by atoms with Gasteiger partial charge in [0.1, 0.15) is 5.82 Å². The fourth-order valence-corrected chi connectivity index (χ4v) is 3.23. The summed E-state index contributed by atoms with van der Waals surface area (Å²) in [6, 6.07) is 12.6. The first-order chi connectivity index (χ1) is 12.8. The van der Waals surface area contributed by atoms with Gasteiger partial charge in [-0.1, -0.05) is 51.1 Å². The van der Waals surface area contributed by atoms with Gasteiger partial charge in [-0.05, 0) is 12.5 Å². The van der Waals surface area contributed by atoms with Gasteiger partial charge < -0.3 is 10.2 Å². The van der Waals surface area contributed by atoms with Gasteiger partial charge in [-0.15, -0.1) is 0 Å². The van der Waals surface area contributed by atoms with E-state index in [2.05, 4.69) is 77.4 Å². The van der Waals surface area contributed by atoms with Crippen LogP contribution in [0, 0.1) is 6.92 Å². The number of nitrogens with zero attached hydrogens (tertiary/aromatic N) is 3. The number of hydrogen-bond donors (Lipinski definition) is 2. The van der Waals surface area contributed by atoms with Crippen molar-refractivity contribution in [1.29, 1.82) is 0 Å². The molecule has 0 bridgehead atoms. The van der Waals surface area contributed by atoms with Crippen molar-refractivity contribution in [3.8, 4) is 11.1 Å². The molecule has 0 aliphatic carbocycles. The molecule has 5 nitrogen and oxygen atoms in total. The van der Waals surface area contributed by atoms with Crippen LogP contribution in [0.3, 0.4) is 0 Å². The van der Waals surface area contributed by atoms with E-state index in [1.165, 1.54) is 4.90 Å². The lowest BCUT2D eigenvalue weighted by Gasteiger charge is -2.20. The maximum atomic E-state index is 5.02. The third-order valence-electron chi connectivity index (χ3n) is 4.75. The van der Waals surface area contributed by atoms with Gasteiger partial charge in [0.15, 0.2) is 5.65 Å². The molecule has 0 fully saturated rings. The molecule has 0 aliphatic heterocycles. The number of anilines is 1. The molecule has 2 aromatic heterocycles. The Labute approximate surface area is 162 Å². The number of hydrogen-bond acceptors (Lipinski definition) is 3. The number of rotatable bonds is 6. The first kappa shape index (κ1) is 19.4. The molecular formula is C22H32N5+. The number of nitrogens with one attached hydrogen (secondary N) is 2. The summed E-state index contributed by atoms with van der Waals surface area (Å²) < 4.78 is 1.97. The quantitative estimate of drug-likeness (QED) is 0.660. The van der Waals surface area contributed by atoms with Crippen LogP contribution < -0.4 is 10.2 Å². The summed E-state index contributed by atoms with van der Waals surface area (Å²) in [5.41, 5.74) is 5.24. The van der Waals surface area contributed by atoms with E-state index in [0.717, 1.165) is 53.5 Å². The first-order valence-corrected chi connectivity index (χ1v) is 9.76. The molecule has 0 spiro atoms. The van der Waals surface area contributed by atoms with Crippen LogP contribution in [-0.2, 0) is 5.41 Å². The van der Waals surface area contributed by atoms with Gasteiger partial charge in [0.25, 0.3) is 0 Å². The number of aromatic nitrogens is 3. The van der Waals surface area contributed by atoms with Crippen LogP contribution in [0.25, 0.3) is 16.8 Å². The number of benzene rings is 1. The van der Waals surface area contributed by atoms with Crippen LogP contribution in [0.2, 0.25) is 0 Å². The van der Waals surface area contributed by atoms with Crippen molar-refractivity contribution in [1.82, 2.24) is 14.6 Å². The number of fused-ring (bicyclic) bond motifs is 1. The van der Waals surface area contributed by atoms with E-state index in [9.17, 15) is 0 Å². The van der Waals surface area contributed by atoms with Crippen LogP contribution in [0.15, 0.2) is 36.4 Å². The molecule has 0 saturated heterocycles. The molecule has 0 atom stereocenters. The van der Waals surface area contributed by atoms with Crippen LogP contribution in [0.4, 0.5) is 5.82 Å². The summed E-state index contributed by atoms with van der Waals surface area (Å²) in [6.07, 6.45) is 1.11. The highest BCUT2D eigenvalue weighted by atomic mass is 15.3. The Balaban J connectivity index is 2.09. The first-order valence-electron chi connectivity index (χ1n) is 9.76. The average Bonchev–Trinajstić information content (AvgIpc) is 2.94. The van der Waals surface area contributed by atoms with Crippen molar-refractivity contribution in [2.75, 3.05) is 32.5 Å². The monoisotopic (exact) mass is 366 g/mol. The lowest BCUT2D eigenvalue weighted by molar-refractivity contribution is -0.858. The predicted molar refractivity (Wildman–Crippen MR) is 113 cm³/mol. The highest BCUT2D eigenvalue weighted by Gasteiger charge is 2.22. The highest BCUT2D eigenvalue weighted by molar-refractivity contribution is 5.81. The molecule has 5 heteroatoms. The van der Waals surface area contributed by atoms with Gasteiger partial charge in [0, 0.05) is 30.0 Å². The molecule has 0 radical (unpaired) electrons. The fraction of sp³-hybridized carbons (Fsp3) is 0.455. The topological polar surface area (TPSA) is 46.7 Å². The summed E-state index contributed by atoms with van der Waals surface area (Å²) in [6.45, 7) is 10.7. The zero-order valence-electron chi connectivity index (χ0n) is 17.4. The van der Waals surface area contributed by atoms with E-state index < -0.39 is 0 Å². The average molecular weight is 367 g/mol. The maximum Gasteiger partial charge on any atom is 0.165 e. The second-order valence-electron chi connectivity index (χ2n) is 8.58. The third kappa shape index (κ3) is 4.30. The second kappa shape index (κ2) is 7.69. The molecule has 2 N–H and O–H groups in total. The highest BCUT2D eigenvalue weighted by Crippen LogP contribution is 2.31. The summed E-state index contributed by atoms with van der Waals surface area (Å²) in [5.74, 6) is 1.02. The van der Waals surface area contributed by atoms with Gasteiger partial charge >= 0.3 is 0 Å². The van der Waals surface area contributed by atoms with Crippen molar-refractivity contribution in [3.63, 3.8) is 0 Å². The Morgan fingerprint density at radius 2 is 1.81 bits per heavy atom. The van der Waals surface area contributed by atoms with Gasteiger partial charge in [0.05, 0.1) is 32.0 Å². The zero-order chi connectivity index (χ0) is 19.6. The van der Waals surface area contributed by atoms with Crippen molar-refractivity contribution < 1.29 is 4.90 Å². The molecule has 0 amide bonds.